The van der Waals surface area contributed by atoms with Crippen LogP contribution in [0.1, 0.15) is 11.1 Å². The van der Waals surface area contributed by atoms with Crippen molar-refractivity contribution in [3.8, 4) is 0 Å². The molecule has 0 aliphatic carbocycles. The minimum Gasteiger partial charge on any atom is -0.309 e. The summed E-state index contributed by atoms with van der Waals surface area (Å²) in [5, 5.41) is 13.8. The van der Waals surface area contributed by atoms with Crippen LogP contribution in [0.4, 0.5) is 10.1 Å². The Kier molecular flexibility index (Phi) is 4.81. The second kappa shape index (κ2) is 6.58. The van der Waals surface area contributed by atoms with Crippen molar-refractivity contribution in [1.29, 1.82) is 0 Å². The Bertz CT molecular complexity index is 617. The molecule has 4 nitrogen and oxygen atoms in total. The molecule has 1 N–H and O–H groups in total. The van der Waals surface area contributed by atoms with Gasteiger partial charge in [-0.25, -0.2) is 4.39 Å². The quantitative estimate of drug-likeness (QED) is 0.666. The molecular weight excluding hydrogens is 327 g/mol. The van der Waals surface area contributed by atoms with E-state index in [2.05, 4.69) is 21.2 Å². The minimum atomic E-state index is -0.430. The van der Waals surface area contributed by atoms with Crippen LogP contribution in [0.3, 0.4) is 0 Å². The first kappa shape index (κ1) is 14.6. The molecule has 6 heteroatoms. The molecular formula is C14H12BrFN2O2. The maximum absolute atomic E-state index is 12.7. The summed E-state index contributed by atoms with van der Waals surface area (Å²) in [6.45, 7) is 1.17. The Labute approximate surface area is 123 Å². The van der Waals surface area contributed by atoms with E-state index < -0.39 is 4.92 Å². The lowest BCUT2D eigenvalue weighted by molar-refractivity contribution is -0.384. The van der Waals surface area contributed by atoms with E-state index in [1.807, 2.05) is 0 Å². The van der Waals surface area contributed by atoms with Gasteiger partial charge in [0.2, 0.25) is 0 Å². The van der Waals surface area contributed by atoms with Crippen LogP contribution in [0.5, 0.6) is 0 Å². The van der Waals surface area contributed by atoms with Crippen molar-refractivity contribution >= 4 is 21.6 Å². The van der Waals surface area contributed by atoms with Gasteiger partial charge in [-0.1, -0.05) is 28.1 Å². The highest BCUT2D eigenvalue weighted by Gasteiger charge is 2.08. The Morgan fingerprint density at radius 2 is 1.85 bits per heavy atom. The molecule has 2 aromatic rings. The van der Waals surface area contributed by atoms with Crippen molar-refractivity contribution in [2.75, 3.05) is 0 Å². The molecule has 0 aliphatic rings. The van der Waals surface area contributed by atoms with Crippen molar-refractivity contribution in [3.05, 3.63) is 74.0 Å². The van der Waals surface area contributed by atoms with E-state index >= 15 is 0 Å². The number of nitrogens with zero attached hydrogens (tertiary/aromatic N) is 1. The number of nitro benzene ring substituents is 1. The van der Waals surface area contributed by atoms with Crippen molar-refractivity contribution in [2.24, 2.45) is 0 Å². The Hall–Kier alpha value is -1.79. The highest BCUT2D eigenvalue weighted by molar-refractivity contribution is 9.10. The van der Waals surface area contributed by atoms with Gasteiger partial charge in [-0.2, -0.15) is 0 Å². The lowest BCUT2D eigenvalue weighted by Crippen LogP contribution is -2.13. The lowest BCUT2D eigenvalue weighted by atomic mass is 10.2. The summed E-state index contributed by atoms with van der Waals surface area (Å²) in [4.78, 5) is 10.2. The summed E-state index contributed by atoms with van der Waals surface area (Å²) in [5.41, 5.74) is 1.96. The Morgan fingerprint density at radius 3 is 2.45 bits per heavy atom. The van der Waals surface area contributed by atoms with E-state index in [4.69, 9.17) is 0 Å². The minimum absolute atomic E-state index is 0.0548. The van der Waals surface area contributed by atoms with Gasteiger partial charge < -0.3 is 5.32 Å². The molecule has 0 bridgehead atoms. The largest absolute Gasteiger partial charge is 0.309 e. The molecule has 0 unspecified atom stereocenters. The molecule has 0 saturated heterocycles. The first-order valence-electron chi connectivity index (χ1n) is 5.94. The lowest BCUT2D eigenvalue weighted by Gasteiger charge is -2.07. The van der Waals surface area contributed by atoms with Gasteiger partial charge in [-0.05, 0) is 29.3 Å². The molecule has 0 heterocycles. The Morgan fingerprint density at radius 1 is 1.15 bits per heavy atom. The van der Waals surface area contributed by atoms with Crippen LogP contribution in [-0.4, -0.2) is 4.92 Å². The van der Waals surface area contributed by atoms with Crippen LogP contribution in [0, 0.1) is 15.9 Å². The monoisotopic (exact) mass is 338 g/mol. The van der Waals surface area contributed by atoms with Crippen LogP contribution in [0.2, 0.25) is 0 Å². The normalized spacial score (nSPS) is 10.5. The van der Waals surface area contributed by atoms with Gasteiger partial charge in [0.15, 0.2) is 0 Å². The number of nitrogens with one attached hydrogen (secondary N) is 1. The van der Waals surface area contributed by atoms with E-state index in [1.54, 1.807) is 18.2 Å². The zero-order chi connectivity index (χ0) is 14.5. The topological polar surface area (TPSA) is 55.2 Å². The van der Waals surface area contributed by atoms with Gasteiger partial charge in [-0.3, -0.25) is 10.1 Å². The first-order chi connectivity index (χ1) is 9.56. The SMILES string of the molecule is O=[N+]([O-])c1ccc(CNCc2ccc(F)cc2)c(Br)c1. The summed E-state index contributed by atoms with van der Waals surface area (Å²) in [7, 11) is 0. The molecule has 104 valence electrons. The van der Waals surface area contributed by atoms with Crippen molar-refractivity contribution in [3.63, 3.8) is 0 Å². The molecule has 2 aromatic carbocycles. The number of benzene rings is 2. The fourth-order valence-electron chi connectivity index (χ4n) is 1.74. The summed E-state index contributed by atoms with van der Waals surface area (Å²) in [5.74, 6) is -0.258. The third-order valence-electron chi connectivity index (χ3n) is 2.81. The number of hydrogen-bond donors (Lipinski definition) is 1. The standard InChI is InChI=1S/C14H12BrFN2O2/c15-14-7-13(18(19)20)6-3-11(14)9-17-8-10-1-4-12(16)5-2-10/h1-7,17H,8-9H2. The number of halogens is 2. The molecule has 0 aromatic heterocycles. The average Bonchev–Trinajstić information content (AvgIpc) is 2.42. The smallest absolute Gasteiger partial charge is 0.270 e. The molecule has 20 heavy (non-hydrogen) atoms. The van der Waals surface area contributed by atoms with Gasteiger partial charge in [0, 0.05) is 29.7 Å². The number of nitro groups is 1. The fourth-order valence-corrected chi connectivity index (χ4v) is 2.24. The molecule has 0 aliphatic heterocycles. The van der Waals surface area contributed by atoms with Crippen LogP contribution < -0.4 is 5.32 Å². The number of rotatable bonds is 5. The molecule has 0 atom stereocenters. The second-order valence-corrected chi connectivity index (χ2v) is 5.12. The third kappa shape index (κ3) is 3.85. The maximum Gasteiger partial charge on any atom is 0.270 e. The summed E-state index contributed by atoms with van der Waals surface area (Å²) < 4.78 is 13.4. The first-order valence-corrected chi connectivity index (χ1v) is 6.73. The van der Waals surface area contributed by atoms with E-state index in [0.29, 0.717) is 17.6 Å². The van der Waals surface area contributed by atoms with Crippen LogP contribution in [-0.2, 0) is 13.1 Å². The van der Waals surface area contributed by atoms with Gasteiger partial charge >= 0.3 is 0 Å². The van der Waals surface area contributed by atoms with Gasteiger partial charge in [0.05, 0.1) is 4.92 Å². The average molecular weight is 339 g/mol. The molecule has 0 radical (unpaired) electrons. The van der Waals surface area contributed by atoms with E-state index in [-0.39, 0.29) is 11.5 Å². The molecule has 0 saturated carbocycles. The Balaban J connectivity index is 1.94. The van der Waals surface area contributed by atoms with Gasteiger partial charge in [-0.15, -0.1) is 0 Å². The highest BCUT2D eigenvalue weighted by atomic mass is 79.9. The van der Waals surface area contributed by atoms with Crippen molar-refractivity contribution < 1.29 is 9.31 Å². The number of non-ortho nitro benzene ring substituents is 1. The highest BCUT2D eigenvalue weighted by Crippen LogP contribution is 2.22. The summed E-state index contributed by atoms with van der Waals surface area (Å²) in [6, 6.07) is 10.9. The number of hydrogen-bond acceptors (Lipinski definition) is 3. The molecule has 2 rings (SSSR count). The van der Waals surface area contributed by atoms with E-state index in [1.165, 1.54) is 24.3 Å². The van der Waals surface area contributed by atoms with Crippen LogP contribution in [0.15, 0.2) is 46.9 Å². The maximum atomic E-state index is 12.7. The third-order valence-corrected chi connectivity index (χ3v) is 3.54. The molecule has 0 spiro atoms. The second-order valence-electron chi connectivity index (χ2n) is 4.26. The van der Waals surface area contributed by atoms with Gasteiger partial charge in [0.1, 0.15) is 5.82 Å². The van der Waals surface area contributed by atoms with E-state index in [0.717, 1.165) is 11.1 Å². The molecule has 0 fully saturated rings. The van der Waals surface area contributed by atoms with Crippen LogP contribution in [0.25, 0.3) is 0 Å². The zero-order valence-corrected chi connectivity index (χ0v) is 12.1. The summed E-state index contributed by atoms with van der Waals surface area (Å²) >= 11 is 3.32. The summed E-state index contributed by atoms with van der Waals surface area (Å²) in [6.07, 6.45) is 0. The van der Waals surface area contributed by atoms with Crippen molar-refractivity contribution in [2.45, 2.75) is 13.1 Å². The molecule has 0 amide bonds. The zero-order valence-electron chi connectivity index (χ0n) is 10.5. The van der Waals surface area contributed by atoms with Crippen LogP contribution >= 0.6 is 15.9 Å². The predicted molar refractivity (Wildman–Crippen MR) is 77.7 cm³/mol. The predicted octanol–water partition coefficient (Wildman–Crippen LogP) is 3.79. The van der Waals surface area contributed by atoms with Crippen molar-refractivity contribution in [1.82, 2.24) is 5.32 Å². The van der Waals surface area contributed by atoms with Gasteiger partial charge in [0.25, 0.3) is 5.69 Å². The fraction of sp³-hybridized carbons (Fsp3) is 0.143. The van der Waals surface area contributed by atoms with E-state index in [9.17, 15) is 14.5 Å².